The average molecular weight is 227 g/mol. The summed E-state index contributed by atoms with van der Waals surface area (Å²) in [6.07, 6.45) is 0.432. The molecule has 0 saturated heterocycles. The zero-order valence-corrected chi connectivity index (χ0v) is 8.03. The van der Waals surface area contributed by atoms with Gasteiger partial charge in [-0.05, 0) is 18.2 Å². The van der Waals surface area contributed by atoms with Gasteiger partial charge in [-0.1, -0.05) is 16.8 Å². The second-order valence-electron chi connectivity index (χ2n) is 2.70. The number of halogens is 2. The van der Waals surface area contributed by atoms with Crippen molar-refractivity contribution >= 4 is 17.9 Å². The lowest BCUT2D eigenvalue weighted by Gasteiger charge is -1.96. The van der Waals surface area contributed by atoms with E-state index in [1.807, 2.05) is 0 Å². The molecule has 4 nitrogen and oxygen atoms in total. The molecule has 0 N–H and O–H groups in total. The number of hydrogen-bond donors (Lipinski definition) is 0. The second-order valence-corrected chi connectivity index (χ2v) is 3.11. The van der Waals surface area contributed by atoms with E-state index in [2.05, 4.69) is 14.7 Å². The van der Waals surface area contributed by atoms with E-state index in [0.717, 1.165) is 0 Å². The number of nitrogens with zero attached hydrogens (tertiary/aromatic N) is 2. The highest BCUT2D eigenvalue weighted by Gasteiger charge is 2.09. The van der Waals surface area contributed by atoms with Crippen molar-refractivity contribution in [3.8, 4) is 11.4 Å². The third-order valence-electron chi connectivity index (χ3n) is 1.72. The molecule has 0 spiro atoms. The number of aldehydes is 1. The van der Waals surface area contributed by atoms with Crippen LogP contribution in [0.5, 0.6) is 0 Å². The molecule has 0 fully saturated rings. The van der Waals surface area contributed by atoms with Gasteiger partial charge >= 0.3 is 0 Å². The van der Waals surface area contributed by atoms with E-state index in [1.165, 1.54) is 18.2 Å². The number of carbonyl (C=O) groups is 1. The Morgan fingerprint density at radius 1 is 1.47 bits per heavy atom. The smallest absolute Gasteiger partial charge is 0.291 e. The molecule has 0 saturated carbocycles. The minimum atomic E-state index is -0.528. The molecule has 0 bridgehead atoms. The third-order valence-corrected chi connectivity index (χ3v) is 2.01. The summed E-state index contributed by atoms with van der Waals surface area (Å²) in [4.78, 5) is 14.0. The molecule has 0 aliphatic heterocycles. The van der Waals surface area contributed by atoms with Crippen molar-refractivity contribution in [2.45, 2.75) is 0 Å². The topological polar surface area (TPSA) is 56.0 Å². The number of rotatable bonds is 2. The zero-order chi connectivity index (χ0) is 10.8. The first kappa shape index (κ1) is 9.79. The SMILES string of the molecule is O=Cc1nc(-c2ccc(F)c(Cl)c2)no1. The summed E-state index contributed by atoms with van der Waals surface area (Å²) in [7, 11) is 0. The lowest BCUT2D eigenvalue weighted by Crippen LogP contribution is -1.84. The van der Waals surface area contributed by atoms with Crippen LogP contribution in [0.15, 0.2) is 22.7 Å². The fraction of sp³-hybridized carbons (Fsp3) is 0. The zero-order valence-electron chi connectivity index (χ0n) is 7.28. The Labute approximate surface area is 88.7 Å². The van der Waals surface area contributed by atoms with Crippen molar-refractivity contribution in [2.24, 2.45) is 0 Å². The molecule has 0 atom stereocenters. The van der Waals surface area contributed by atoms with E-state index in [9.17, 15) is 9.18 Å². The molecule has 6 heteroatoms. The van der Waals surface area contributed by atoms with Crippen LogP contribution in [0.1, 0.15) is 10.7 Å². The Kier molecular flexibility index (Phi) is 2.47. The Morgan fingerprint density at radius 2 is 2.27 bits per heavy atom. The van der Waals surface area contributed by atoms with Gasteiger partial charge in [0.25, 0.3) is 5.89 Å². The molecule has 0 aliphatic rings. The molecular weight excluding hydrogens is 223 g/mol. The molecule has 76 valence electrons. The standard InChI is InChI=1S/C9H4ClFN2O2/c10-6-3-5(1-2-7(6)11)9-12-8(4-14)15-13-9/h1-4H. The van der Waals surface area contributed by atoms with Crippen LogP contribution in [0.3, 0.4) is 0 Å². The fourth-order valence-electron chi connectivity index (χ4n) is 1.04. The molecule has 0 amide bonds. The van der Waals surface area contributed by atoms with Crippen LogP contribution < -0.4 is 0 Å². The van der Waals surface area contributed by atoms with E-state index < -0.39 is 5.82 Å². The number of hydrogen-bond acceptors (Lipinski definition) is 4. The Bertz CT molecular complexity index is 513. The normalized spacial score (nSPS) is 10.3. The summed E-state index contributed by atoms with van der Waals surface area (Å²) in [5.74, 6) is -0.469. The first-order chi connectivity index (χ1) is 7.20. The van der Waals surface area contributed by atoms with Gasteiger partial charge in [-0.3, -0.25) is 4.79 Å². The average Bonchev–Trinajstić information content (AvgIpc) is 2.70. The summed E-state index contributed by atoms with van der Waals surface area (Å²) in [6, 6.07) is 3.99. The maximum absolute atomic E-state index is 12.8. The van der Waals surface area contributed by atoms with Gasteiger partial charge in [-0.15, -0.1) is 0 Å². The van der Waals surface area contributed by atoms with Gasteiger partial charge in [0.1, 0.15) is 5.82 Å². The third kappa shape index (κ3) is 1.87. The second kappa shape index (κ2) is 3.78. The first-order valence-corrected chi connectivity index (χ1v) is 4.33. The number of aromatic nitrogens is 2. The van der Waals surface area contributed by atoms with Crippen molar-refractivity contribution in [2.75, 3.05) is 0 Å². The quantitative estimate of drug-likeness (QED) is 0.738. The van der Waals surface area contributed by atoms with Crippen LogP contribution in [0.4, 0.5) is 4.39 Å². The maximum Gasteiger partial charge on any atom is 0.291 e. The molecule has 15 heavy (non-hydrogen) atoms. The summed E-state index contributed by atoms with van der Waals surface area (Å²) in [6.45, 7) is 0. The van der Waals surface area contributed by atoms with Crippen molar-refractivity contribution in [3.63, 3.8) is 0 Å². The lowest BCUT2D eigenvalue weighted by molar-refractivity contribution is 0.108. The Morgan fingerprint density at radius 3 is 2.87 bits per heavy atom. The molecule has 1 aromatic heterocycles. The minimum Gasteiger partial charge on any atom is -0.331 e. The Balaban J connectivity index is 2.44. The molecule has 0 aliphatic carbocycles. The highest BCUT2D eigenvalue weighted by molar-refractivity contribution is 6.31. The summed E-state index contributed by atoms with van der Waals surface area (Å²) < 4.78 is 17.4. The predicted molar refractivity (Wildman–Crippen MR) is 50.1 cm³/mol. The van der Waals surface area contributed by atoms with E-state index in [0.29, 0.717) is 11.8 Å². The van der Waals surface area contributed by atoms with Gasteiger partial charge in [0.2, 0.25) is 12.1 Å². The van der Waals surface area contributed by atoms with Gasteiger partial charge in [-0.2, -0.15) is 4.98 Å². The van der Waals surface area contributed by atoms with Crippen LogP contribution in [0.2, 0.25) is 5.02 Å². The molecule has 2 rings (SSSR count). The van der Waals surface area contributed by atoms with Crippen LogP contribution in [0, 0.1) is 5.82 Å². The monoisotopic (exact) mass is 226 g/mol. The van der Waals surface area contributed by atoms with E-state index in [1.54, 1.807) is 0 Å². The van der Waals surface area contributed by atoms with E-state index in [-0.39, 0.29) is 16.7 Å². The fourth-order valence-corrected chi connectivity index (χ4v) is 1.22. The van der Waals surface area contributed by atoms with Crippen LogP contribution >= 0.6 is 11.6 Å². The summed E-state index contributed by atoms with van der Waals surface area (Å²) >= 11 is 5.57. The van der Waals surface area contributed by atoms with Gasteiger partial charge in [0.15, 0.2) is 0 Å². The summed E-state index contributed by atoms with van der Waals surface area (Å²) in [5.41, 5.74) is 0.484. The molecule has 1 aromatic carbocycles. The summed E-state index contributed by atoms with van der Waals surface area (Å²) in [5, 5.41) is 3.49. The maximum atomic E-state index is 12.8. The molecular formula is C9H4ClFN2O2. The Hall–Kier alpha value is -1.75. The lowest BCUT2D eigenvalue weighted by atomic mass is 10.2. The number of carbonyl (C=O) groups excluding carboxylic acids is 1. The van der Waals surface area contributed by atoms with Crippen LogP contribution in [-0.2, 0) is 0 Å². The van der Waals surface area contributed by atoms with Gasteiger partial charge in [0, 0.05) is 5.56 Å². The van der Waals surface area contributed by atoms with E-state index in [4.69, 9.17) is 11.6 Å². The number of benzene rings is 1. The largest absolute Gasteiger partial charge is 0.331 e. The van der Waals surface area contributed by atoms with Crippen molar-refractivity contribution in [1.82, 2.24) is 10.1 Å². The highest BCUT2D eigenvalue weighted by atomic mass is 35.5. The van der Waals surface area contributed by atoms with Crippen molar-refractivity contribution in [3.05, 3.63) is 34.9 Å². The van der Waals surface area contributed by atoms with E-state index >= 15 is 0 Å². The van der Waals surface area contributed by atoms with Gasteiger partial charge in [0.05, 0.1) is 5.02 Å². The highest BCUT2D eigenvalue weighted by Crippen LogP contribution is 2.22. The molecule has 0 unspecified atom stereocenters. The van der Waals surface area contributed by atoms with Crippen molar-refractivity contribution in [1.29, 1.82) is 0 Å². The molecule has 1 heterocycles. The first-order valence-electron chi connectivity index (χ1n) is 3.95. The van der Waals surface area contributed by atoms with Gasteiger partial charge < -0.3 is 4.52 Å². The predicted octanol–water partition coefficient (Wildman–Crippen LogP) is 2.34. The minimum absolute atomic E-state index is 0.0371. The molecule has 2 aromatic rings. The van der Waals surface area contributed by atoms with Gasteiger partial charge in [-0.25, -0.2) is 4.39 Å². The van der Waals surface area contributed by atoms with Crippen molar-refractivity contribution < 1.29 is 13.7 Å². The van der Waals surface area contributed by atoms with Crippen LogP contribution in [0.25, 0.3) is 11.4 Å². The molecule has 0 radical (unpaired) electrons. The van der Waals surface area contributed by atoms with Crippen LogP contribution in [-0.4, -0.2) is 16.4 Å².